The second-order valence-corrected chi connectivity index (χ2v) is 8.72. The lowest BCUT2D eigenvalue weighted by Crippen LogP contribution is -2.41. The molecule has 0 radical (unpaired) electrons. The molecule has 1 heterocycles. The zero-order valence-corrected chi connectivity index (χ0v) is 20.7. The molecule has 0 fully saturated rings. The number of rotatable bonds is 15. The number of aliphatic carboxylic acids is 1. The minimum Gasteiger partial charge on any atom is -0.478 e. The third-order valence-electron chi connectivity index (χ3n) is 5.76. The molecule has 9 nitrogen and oxygen atoms in total. The third-order valence-corrected chi connectivity index (χ3v) is 5.76. The Labute approximate surface area is 200 Å². The van der Waals surface area contributed by atoms with Crippen LogP contribution in [-0.4, -0.2) is 37.6 Å². The summed E-state index contributed by atoms with van der Waals surface area (Å²) in [5, 5.41) is 13.6. The molecule has 0 saturated carbocycles. The van der Waals surface area contributed by atoms with Crippen LogP contribution in [0.5, 0.6) is 11.6 Å². The highest BCUT2D eigenvalue weighted by Crippen LogP contribution is 2.23. The van der Waals surface area contributed by atoms with Gasteiger partial charge in [-0.05, 0) is 37.5 Å². The molecule has 0 spiro atoms. The van der Waals surface area contributed by atoms with Crippen LogP contribution in [-0.2, 0) is 24.8 Å². The Hall–Kier alpha value is -3.10. The largest absolute Gasteiger partial charge is 0.478 e. The van der Waals surface area contributed by atoms with Crippen LogP contribution in [0.25, 0.3) is 0 Å². The number of carboxylic acids is 1. The van der Waals surface area contributed by atoms with Crippen LogP contribution >= 0.6 is 0 Å². The van der Waals surface area contributed by atoms with E-state index in [0.29, 0.717) is 31.6 Å². The van der Waals surface area contributed by atoms with E-state index in [2.05, 4.69) is 12.0 Å². The van der Waals surface area contributed by atoms with Gasteiger partial charge in [0.2, 0.25) is 5.60 Å². The topological polar surface area (TPSA) is 113 Å². The molecule has 34 heavy (non-hydrogen) atoms. The molecule has 1 N–H and O–H groups in total. The Morgan fingerprint density at radius 3 is 2.35 bits per heavy atom. The normalized spacial score (nSPS) is 12.8. The van der Waals surface area contributed by atoms with Gasteiger partial charge in [-0.2, -0.15) is 0 Å². The number of hydrogen-bond donors (Lipinski definition) is 1. The summed E-state index contributed by atoms with van der Waals surface area (Å²) in [6.07, 6.45) is 6.84. The number of ether oxygens (including phenoxy) is 2. The number of unbranched alkanes of at least 4 members (excludes halogenated alkanes) is 4. The second kappa shape index (κ2) is 13.0. The van der Waals surface area contributed by atoms with Gasteiger partial charge in [0.1, 0.15) is 5.75 Å². The average molecular weight is 476 g/mol. The first-order chi connectivity index (χ1) is 16.2. The SMILES string of the molecule is CCCCCCCn1nc(OCCc2ccc(OC(C)(CCC)C(=O)O)cc2)c(=O)n(C)c1=O. The molecule has 2 rings (SSSR count). The number of nitrogens with zero attached hydrogens (tertiary/aromatic N) is 3. The lowest BCUT2D eigenvalue weighted by atomic mass is 10.0. The van der Waals surface area contributed by atoms with E-state index in [1.807, 2.05) is 19.1 Å². The Bertz CT molecular complexity index is 1040. The maximum atomic E-state index is 12.4. The first-order valence-electron chi connectivity index (χ1n) is 12.0. The van der Waals surface area contributed by atoms with E-state index in [4.69, 9.17) is 9.47 Å². The lowest BCUT2D eigenvalue weighted by molar-refractivity contribution is -0.154. The van der Waals surface area contributed by atoms with E-state index < -0.39 is 22.8 Å². The van der Waals surface area contributed by atoms with Crippen molar-refractivity contribution in [1.29, 1.82) is 0 Å². The Morgan fingerprint density at radius 2 is 1.74 bits per heavy atom. The lowest BCUT2D eigenvalue weighted by Gasteiger charge is -2.26. The summed E-state index contributed by atoms with van der Waals surface area (Å²) in [6.45, 7) is 6.28. The minimum absolute atomic E-state index is 0.0904. The standard InChI is InChI=1S/C25H37N3O6/c1-5-7-8-9-10-17-28-24(32)27(4)22(29)21(26-28)33-18-15-19-11-13-20(14-12-19)34-25(3,16-6-2)23(30)31/h11-14H,5-10,15-18H2,1-4H3,(H,30,31). The summed E-state index contributed by atoms with van der Waals surface area (Å²) >= 11 is 0. The molecule has 1 aromatic carbocycles. The van der Waals surface area contributed by atoms with Crippen molar-refractivity contribution in [2.75, 3.05) is 6.61 Å². The molecule has 0 aliphatic carbocycles. The first kappa shape index (κ1) is 27.1. The number of hydrogen-bond acceptors (Lipinski definition) is 6. The average Bonchev–Trinajstić information content (AvgIpc) is 2.81. The van der Waals surface area contributed by atoms with Gasteiger partial charge in [-0.1, -0.05) is 58.1 Å². The second-order valence-electron chi connectivity index (χ2n) is 8.72. The molecule has 0 aliphatic rings. The quantitative estimate of drug-likeness (QED) is 0.392. The molecule has 188 valence electrons. The van der Waals surface area contributed by atoms with Crippen LogP contribution in [0.3, 0.4) is 0 Å². The predicted octanol–water partition coefficient (Wildman–Crippen LogP) is 3.56. The molecule has 1 unspecified atom stereocenters. The van der Waals surface area contributed by atoms with Crippen molar-refractivity contribution in [3.8, 4) is 11.6 Å². The van der Waals surface area contributed by atoms with Gasteiger partial charge in [-0.15, -0.1) is 5.10 Å². The smallest absolute Gasteiger partial charge is 0.347 e. The van der Waals surface area contributed by atoms with E-state index in [9.17, 15) is 19.5 Å². The number of benzene rings is 1. The Kier molecular flexibility index (Phi) is 10.3. The highest BCUT2D eigenvalue weighted by atomic mass is 16.5. The van der Waals surface area contributed by atoms with Crippen LogP contribution in [0.4, 0.5) is 0 Å². The summed E-state index contributed by atoms with van der Waals surface area (Å²) < 4.78 is 13.7. The van der Waals surface area contributed by atoms with E-state index in [-0.39, 0.29) is 12.5 Å². The minimum atomic E-state index is -1.27. The van der Waals surface area contributed by atoms with Crippen molar-refractivity contribution in [2.45, 2.75) is 84.3 Å². The first-order valence-corrected chi connectivity index (χ1v) is 12.0. The molecular formula is C25H37N3O6. The van der Waals surface area contributed by atoms with E-state index >= 15 is 0 Å². The van der Waals surface area contributed by atoms with Gasteiger partial charge < -0.3 is 14.6 Å². The number of carbonyl (C=O) groups is 1. The number of carboxylic acid groups (broad SMARTS) is 1. The molecular weight excluding hydrogens is 438 g/mol. The van der Waals surface area contributed by atoms with Crippen LogP contribution in [0.2, 0.25) is 0 Å². The van der Waals surface area contributed by atoms with Crippen molar-refractivity contribution in [1.82, 2.24) is 14.3 Å². The van der Waals surface area contributed by atoms with Gasteiger partial charge in [-0.25, -0.2) is 14.3 Å². The number of aromatic nitrogens is 3. The van der Waals surface area contributed by atoms with Gasteiger partial charge in [0.15, 0.2) is 0 Å². The highest BCUT2D eigenvalue weighted by Gasteiger charge is 2.34. The van der Waals surface area contributed by atoms with Crippen molar-refractivity contribution >= 4 is 5.97 Å². The van der Waals surface area contributed by atoms with Gasteiger partial charge in [0.05, 0.1) is 6.61 Å². The fraction of sp³-hybridized carbons (Fsp3) is 0.600. The summed E-state index contributed by atoms with van der Waals surface area (Å²) in [5.41, 5.74) is -1.34. The van der Waals surface area contributed by atoms with Crippen LogP contribution in [0.1, 0.15) is 71.3 Å². The summed E-state index contributed by atoms with van der Waals surface area (Å²) in [6, 6.07) is 7.11. The van der Waals surface area contributed by atoms with E-state index in [1.54, 1.807) is 19.1 Å². The number of aryl methyl sites for hydroxylation is 1. The van der Waals surface area contributed by atoms with Crippen molar-refractivity contribution in [2.24, 2.45) is 7.05 Å². The molecule has 9 heteroatoms. The van der Waals surface area contributed by atoms with Gasteiger partial charge >= 0.3 is 17.2 Å². The zero-order valence-electron chi connectivity index (χ0n) is 20.7. The predicted molar refractivity (Wildman–Crippen MR) is 130 cm³/mol. The van der Waals surface area contributed by atoms with E-state index in [0.717, 1.165) is 42.2 Å². The Balaban J connectivity index is 1.97. The fourth-order valence-electron chi connectivity index (χ4n) is 3.63. The fourth-order valence-corrected chi connectivity index (χ4v) is 3.63. The van der Waals surface area contributed by atoms with Crippen molar-refractivity contribution in [3.05, 3.63) is 50.7 Å². The highest BCUT2D eigenvalue weighted by molar-refractivity contribution is 5.77. The van der Waals surface area contributed by atoms with Gasteiger partial charge in [0.25, 0.3) is 5.88 Å². The van der Waals surface area contributed by atoms with Crippen molar-refractivity contribution < 1.29 is 19.4 Å². The molecule has 0 bridgehead atoms. The van der Waals surface area contributed by atoms with Crippen molar-refractivity contribution in [3.63, 3.8) is 0 Å². The van der Waals surface area contributed by atoms with E-state index in [1.165, 1.54) is 11.7 Å². The molecule has 0 aliphatic heterocycles. The van der Waals surface area contributed by atoms with Crippen LogP contribution in [0, 0.1) is 0 Å². The Morgan fingerprint density at radius 1 is 1.06 bits per heavy atom. The third kappa shape index (κ3) is 7.46. The van der Waals surface area contributed by atoms with Crippen LogP contribution in [0.15, 0.2) is 33.9 Å². The zero-order chi connectivity index (χ0) is 25.1. The van der Waals surface area contributed by atoms with Gasteiger partial charge in [-0.3, -0.25) is 9.36 Å². The summed E-state index contributed by atoms with van der Waals surface area (Å²) in [5.74, 6) is -0.611. The maximum Gasteiger partial charge on any atom is 0.347 e. The molecule has 1 aromatic heterocycles. The summed E-state index contributed by atoms with van der Waals surface area (Å²) in [4.78, 5) is 36.3. The molecule has 1 atom stereocenters. The van der Waals surface area contributed by atoms with Crippen LogP contribution < -0.4 is 20.7 Å². The molecule has 2 aromatic rings. The summed E-state index contributed by atoms with van der Waals surface area (Å²) in [7, 11) is 1.43. The molecule has 0 amide bonds. The molecule has 0 saturated heterocycles. The maximum absolute atomic E-state index is 12.4. The van der Waals surface area contributed by atoms with Gasteiger partial charge in [0, 0.05) is 20.0 Å². The monoisotopic (exact) mass is 475 g/mol.